The van der Waals surface area contributed by atoms with Crippen molar-refractivity contribution in [2.75, 3.05) is 24.8 Å². The van der Waals surface area contributed by atoms with Crippen molar-refractivity contribution in [1.82, 2.24) is 0 Å². The highest BCUT2D eigenvalue weighted by Gasteiger charge is 2.31. The zero-order chi connectivity index (χ0) is 24.5. The van der Waals surface area contributed by atoms with Crippen molar-refractivity contribution < 1.29 is 33.7 Å². The monoisotopic (exact) mass is 603 g/mol. The van der Waals surface area contributed by atoms with Crippen LogP contribution in [-0.2, 0) is 19.0 Å². The molecule has 1 amide bonds. The van der Waals surface area contributed by atoms with Gasteiger partial charge in [-0.15, -0.1) is 0 Å². The number of hydrogen-bond acceptors (Lipinski definition) is 8. The quantitative estimate of drug-likeness (QED) is 0.192. The lowest BCUT2D eigenvalue weighted by molar-refractivity contribution is -0.141. The first-order chi connectivity index (χ1) is 15.7. The zero-order valence-corrected chi connectivity index (χ0v) is 21.9. The van der Waals surface area contributed by atoms with Crippen LogP contribution in [0.25, 0.3) is 0 Å². The van der Waals surface area contributed by atoms with Gasteiger partial charge in [0.15, 0.2) is 11.9 Å². The summed E-state index contributed by atoms with van der Waals surface area (Å²) in [5.74, 6) is -0.787. The van der Waals surface area contributed by atoms with Gasteiger partial charge in [0.1, 0.15) is 11.9 Å². The first-order valence-electron chi connectivity index (χ1n) is 9.72. The third-order valence-corrected chi connectivity index (χ3v) is 5.89. The van der Waals surface area contributed by atoms with Gasteiger partial charge < -0.3 is 19.3 Å². The van der Waals surface area contributed by atoms with Gasteiger partial charge in [0, 0.05) is 34.8 Å². The fraction of sp³-hybridized carbons (Fsp3) is 0.318. The zero-order valence-electron chi connectivity index (χ0n) is 17.8. The SMILES string of the molecule is CO[C@@H](CCOC(=O)CS)[C@@H](OC(=O)Nc1ccc(C(C)=O)cc1)c1cc(Br)cc(Br)c1O. The molecule has 0 fully saturated rings. The molecule has 11 heteroatoms. The molecule has 2 aromatic rings. The van der Waals surface area contributed by atoms with E-state index in [-0.39, 0.29) is 35.9 Å². The van der Waals surface area contributed by atoms with Crippen LogP contribution in [0.3, 0.4) is 0 Å². The maximum atomic E-state index is 12.7. The van der Waals surface area contributed by atoms with Crippen LogP contribution >= 0.6 is 44.5 Å². The second-order valence-corrected chi connectivity index (χ2v) is 8.94. The molecule has 0 aromatic heterocycles. The number of esters is 1. The smallest absolute Gasteiger partial charge is 0.412 e. The normalized spacial score (nSPS) is 12.5. The standard InChI is InChI=1S/C22H23Br2NO7S/c1-12(26)13-3-5-15(6-4-13)25-22(29)32-21(16-9-14(23)10-17(24)20(16)28)18(30-2)7-8-31-19(27)11-33/h3-6,9-10,18,21,28,33H,7-8,11H2,1-2H3,(H,25,29)/t18-,21-/m0/s1. The number of phenolic OH excluding ortho intramolecular Hbond substituents is 1. The highest BCUT2D eigenvalue weighted by atomic mass is 79.9. The maximum absolute atomic E-state index is 12.7. The third-order valence-electron chi connectivity index (χ3n) is 4.57. The topological polar surface area (TPSA) is 111 Å². The molecule has 8 nitrogen and oxygen atoms in total. The van der Waals surface area contributed by atoms with Gasteiger partial charge in [-0.2, -0.15) is 12.6 Å². The van der Waals surface area contributed by atoms with E-state index < -0.39 is 24.3 Å². The van der Waals surface area contributed by atoms with Gasteiger partial charge >= 0.3 is 12.1 Å². The Morgan fingerprint density at radius 2 is 1.82 bits per heavy atom. The average Bonchev–Trinajstić information content (AvgIpc) is 2.78. The molecule has 2 rings (SSSR count). The number of ether oxygens (including phenoxy) is 3. The Labute approximate surface area is 213 Å². The molecule has 0 unspecified atom stereocenters. The van der Waals surface area contributed by atoms with Crippen LogP contribution < -0.4 is 5.32 Å². The number of anilines is 1. The van der Waals surface area contributed by atoms with Crippen LogP contribution in [0.1, 0.15) is 35.4 Å². The summed E-state index contributed by atoms with van der Waals surface area (Å²) in [6.45, 7) is 1.45. The van der Waals surface area contributed by atoms with Crippen LogP contribution in [0.4, 0.5) is 10.5 Å². The molecule has 0 aliphatic carbocycles. The summed E-state index contributed by atoms with van der Waals surface area (Å²) < 4.78 is 17.2. The lowest BCUT2D eigenvalue weighted by atomic mass is 10.0. The Bertz CT molecular complexity index is 1000. The van der Waals surface area contributed by atoms with Crippen molar-refractivity contribution >= 4 is 68.0 Å². The molecule has 0 bridgehead atoms. The predicted octanol–water partition coefficient (Wildman–Crippen LogP) is 5.29. The molecule has 2 atom stereocenters. The number of hydrogen-bond donors (Lipinski definition) is 3. The highest BCUT2D eigenvalue weighted by molar-refractivity contribution is 9.11. The molecule has 0 saturated carbocycles. The fourth-order valence-electron chi connectivity index (χ4n) is 2.92. The van der Waals surface area contributed by atoms with Crippen molar-refractivity contribution in [1.29, 1.82) is 0 Å². The summed E-state index contributed by atoms with van der Waals surface area (Å²) in [6, 6.07) is 9.56. The Kier molecular flexibility index (Phi) is 10.7. The summed E-state index contributed by atoms with van der Waals surface area (Å²) in [5.41, 5.74) is 1.21. The van der Waals surface area contributed by atoms with E-state index in [0.717, 1.165) is 0 Å². The number of nitrogens with one attached hydrogen (secondary N) is 1. The summed E-state index contributed by atoms with van der Waals surface area (Å²) in [7, 11) is 1.42. The number of phenols is 1. The van der Waals surface area contributed by atoms with Crippen LogP contribution in [-0.4, -0.2) is 48.5 Å². The van der Waals surface area contributed by atoms with Gasteiger partial charge in [0.25, 0.3) is 0 Å². The van der Waals surface area contributed by atoms with E-state index >= 15 is 0 Å². The van der Waals surface area contributed by atoms with Gasteiger partial charge in [-0.1, -0.05) is 15.9 Å². The van der Waals surface area contributed by atoms with Gasteiger partial charge in [0.2, 0.25) is 0 Å². The maximum Gasteiger partial charge on any atom is 0.412 e. The molecule has 0 heterocycles. The number of amides is 1. The number of halogens is 2. The molecule has 0 aliphatic rings. The van der Waals surface area contributed by atoms with E-state index in [1.165, 1.54) is 14.0 Å². The highest BCUT2D eigenvalue weighted by Crippen LogP contribution is 2.39. The first kappa shape index (κ1) is 27.2. The van der Waals surface area contributed by atoms with Crippen LogP contribution in [0, 0.1) is 0 Å². The molecule has 33 heavy (non-hydrogen) atoms. The molecule has 0 aliphatic heterocycles. The number of thiol groups is 1. The minimum Gasteiger partial charge on any atom is -0.506 e. The van der Waals surface area contributed by atoms with E-state index in [1.54, 1.807) is 36.4 Å². The van der Waals surface area contributed by atoms with Crippen LogP contribution in [0.5, 0.6) is 5.75 Å². The largest absolute Gasteiger partial charge is 0.506 e. The number of carbonyl (C=O) groups excluding carboxylic acids is 3. The molecular formula is C22H23Br2NO7S. The fourth-order valence-corrected chi connectivity index (χ4v) is 4.27. The van der Waals surface area contributed by atoms with E-state index in [1.807, 2.05) is 0 Å². The van der Waals surface area contributed by atoms with Crippen molar-refractivity contribution in [3.8, 4) is 5.75 Å². The lowest BCUT2D eigenvalue weighted by Gasteiger charge is -2.27. The van der Waals surface area contributed by atoms with Crippen molar-refractivity contribution in [3.63, 3.8) is 0 Å². The van der Waals surface area contributed by atoms with Crippen molar-refractivity contribution in [3.05, 3.63) is 56.5 Å². The minimum absolute atomic E-state index is 0.00181. The average molecular weight is 605 g/mol. The number of ketones is 1. The molecule has 0 spiro atoms. The number of Topliss-reactive ketones (excluding diaryl/α,β-unsaturated/α-hetero) is 1. The van der Waals surface area contributed by atoms with Gasteiger partial charge in [-0.25, -0.2) is 4.79 Å². The Morgan fingerprint density at radius 3 is 2.39 bits per heavy atom. The summed E-state index contributed by atoms with van der Waals surface area (Å²) in [5, 5.41) is 13.2. The molecular weight excluding hydrogens is 582 g/mol. The Balaban J connectivity index is 2.26. The number of benzene rings is 2. The lowest BCUT2D eigenvalue weighted by Crippen LogP contribution is -2.29. The van der Waals surface area contributed by atoms with Crippen molar-refractivity contribution in [2.45, 2.75) is 25.6 Å². The summed E-state index contributed by atoms with van der Waals surface area (Å²) >= 11 is 10.5. The predicted molar refractivity (Wildman–Crippen MR) is 133 cm³/mol. The Morgan fingerprint density at radius 1 is 1.15 bits per heavy atom. The molecule has 2 N–H and O–H groups in total. The van der Waals surface area contributed by atoms with Crippen LogP contribution in [0.2, 0.25) is 0 Å². The summed E-state index contributed by atoms with van der Waals surface area (Å²) in [6.07, 6.45) is -2.42. The van der Waals surface area contributed by atoms with Gasteiger partial charge in [-0.3, -0.25) is 14.9 Å². The van der Waals surface area contributed by atoms with E-state index in [2.05, 4.69) is 49.8 Å². The number of carbonyl (C=O) groups is 3. The molecule has 0 radical (unpaired) electrons. The minimum atomic E-state index is -1.05. The van der Waals surface area contributed by atoms with Crippen molar-refractivity contribution in [2.24, 2.45) is 0 Å². The molecule has 0 saturated heterocycles. The Hall–Kier alpha value is -2.08. The number of methoxy groups -OCH3 is 1. The number of aromatic hydroxyl groups is 1. The van der Waals surface area contributed by atoms with Gasteiger partial charge in [-0.05, 0) is 59.3 Å². The summed E-state index contributed by atoms with van der Waals surface area (Å²) in [4.78, 5) is 35.5. The van der Waals surface area contributed by atoms with E-state index in [9.17, 15) is 19.5 Å². The van der Waals surface area contributed by atoms with E-state index in [4.69, 9.17) is 14.2 Å². The van der Waals surface area contributed by atoms with Crippen LogP contribution in [0.15, 0.2) is 45.3 Å². The second-order valence-electron chi connectivity index (χ2n) is 6.85. The second kappa shape index (κ2) is 13.0. The van der Waals surface area contributed by atoms with E-state index in [0.29, 0.717) is 20.2 Å². The van der Waals surface area contributed by atoms with Gasteiger partial charge in [0.05, 0.1) is 16.8 Å². The number of rotatable bonds is 10. The molecule has 2 aromatic carbocycles. The first-order valence-corrected chi connectivity index (χ1v) is 11.9. The molecule has 178 valence electrons. The third kappa shape index (κ3) is 8.02.